The van der Waals surface area contributed by atoms with Crippen LogP contribution in [0.1, 0.15) is 26.2 Å². The maximum atomic E-state index is 13.6. The number of likely N-dealkylation sites (tertiary alicyclic amines) is 1. The van der Waals surface area contributed by atoms with E-state index in [1.807, 2.05) is 6.92 Å². The number of nitrogens with one attached hydrogen (secondary N) is 2. The smallest absolute Gasteiger partial charge is 0.220 e. The van der Waals surface area contributed by atoms with E-state index in [9.17, 15) is 9.18 Å². The Bertz CT molecular complexity index is 667. The fourth-order valence-electron chi connectivity index (χ4n) is 3.72. The minimum absolute atomic E-state index is 0.0230. The van der Waals surface area contributed by atoms with Crippen molar-refractivity contribution in [1.82, 2.24) is 15.5 Å². The summed E-state index contributed by atoms with van der Waals surface area (Å²) in [7, 11) is 0. The standard InChI is InChI=1S/C19H27FN4O2/c1-2-21-18(22-9-11-26-16-7-4-3-6-15(16)20)24-10-5-8-19(14-24)12-17(25)23-13-19/h3-4,6-7H,2,5,8-14H2,1H3,(H,21,22)(H,23,25). The molecule has 2 N–H and O–H groups in total. The summed E-state index contributed by atoms with van der Waals surface area (Å²) in [5.74, 6) is 0.870. The number of piperidine rings is 1. The Hall–Kier alpha value is -2.31. The number of ether oxygens (including phenoxy) is 1. The van der Waals surface area contributed by atoms with E-state index in [4.69, 9.17) is 4.74 Å². The van der Waals surface area contributed by atoms with E-state index >= 15 is 0 Å². The summed E-state index contributed by atoms with van der Waals surface area (Å²) in [5.41, 5.74) is 0.0230. The molecule has 2 aliphatic heterocycles. The monoisotopic (exact) mass is 362 g/mol. The summed E-state index contributed by atoms with van der Waals surface area (Å²) >= 11 is 0. The van der Waals surface area contributed by atoms with Crippen molar-refractivity contribution in [2.24, 2.45) is 10.4 Å². The molecule has 2 aliphatic rings. The van der Waals surface area contributed by atoms with Crippen LogP contribution in [0.3, 0.4) is 0 Å². The van der Waals surface area contributed by atoms with Gasteiger partial charge in [0.25, 0.3) is 0 Å². The predicted molar refractivity (Wildman–Crippen MR) is 98.7 cm³/mol. The normalized spacial score (nSPS) is 23.2. The molecule has 3 rings (SSSR count). The molecule has 6 nitrogen and oxygen atoms in total. The fourth-order valence-corrected chi connectivity index (χ4v) is 3.72. The molecule has 1 aromatic rings. The van der Waals surface area contributed by atoms with Gasteiger partial charge < -0.3 is 20.3 Å². The summed E-state index contributed by atoms with van der Waals surface area (Å²) in [5, 5.41) is 6.29. The van der Waals surface area contributed by atoms with Gasteiger partial charge in [0.05, 0.1) is 6.54 Å². The van der Waals surface area contributed by atoms with Gasteiger partial charge in [-0.25, -0.2) is 9.38 Å². The second kappa shape index (κ2) is 8.38. The Kier molecular flexibility index (Phi) is 5.96. The van der Waals surface area contributed by atoms with Crippen molar-refractivity contribution in [3.05, 3.63) is 30.1 Å². The Labute approximate surface area is 153 Å². The number of carbonyl (C=O) groups is 1. The molecule has 1 unspecified atom stereocenters. The van der Waals surface area contributed by atoms with Crippen molar-refractivity contribution in [1.29, 1.82) is 0 Å². The number of hydrogen-bond donors (Lipinski definition) is 2. The molecule has 0 aromatic heterocycles. The van der Waals surface area contributed by atoms with Gasteiger partial charge in [0.15, 0.2) is 17.5 Å². The molecule has 2 saturated heterocycles. The third-order valence-electron chi connectivity index (χ3n) is 4.94. The summed E-state index contributed by atoms with van der Waals surface area (Å²) in [6.45, 7) is 6.06. The van der Waals surface area contributed by atoms with Crippen LogP contribution in [0.5, 0.6) is 5.75 Å². The minimum atomic E-state index is -0.361. The van der Waals surface area contributed by atoms with Crippen LogP contribution in [0, 0.1) is 11.2 Å². The number of rotatable bonds is 5. The Morgan fingerprint density at radius 1 is 1.46 bits per heavy atom. The van der Waals surface area contributed by atoms with E-state index in [0.717, 1.165) is 45.0 Å². The lowest BCUT2D eigenvalue weighted by atomic mass is 9.79. The molecular formula is C19H27FN4O2. The van der Waals surface area contributed by atoms with Crippen LogP contribution < -0.4 is 15.4 Å². The third kappa shape index (κ3) is 4.45. The van der Waals surface area contributed by atoms with Crippen molar-refractivity contribution in [3.8, 4) is 5.75 Å². The highest BCUT2D eigenvalue weighted by molar-refractivity contribution is 5.81. The molecular weight excluding hydrogens is 335 g/mol. The van der Waals surface area contributed by atoms with Crippen molar-refractivity contribution in [2.45, 2.75) is 26.2 Å². The predicted octanol–water partition coefficient (Wildman–Crippen LogP) is 1.77. The molecule has 0 radical (unpaired) electrons. The quantitative estimate of drug-likeness (QED) is 0.476. The van der Waals surface area contributed by atoms with Crippen molar-refractivity contribution < 1.29 is 13.9 Å². The first-order valence-corrected chi connectivity index (χ1v) is 9.29. The first-order chi connectivity index (χ1) is 12.6. The van der Waals surface area contributed by atoms with Crippen LogP contribution in [-0.4, -0.2) is 56.1 Å². The maximum absolute atomic E-state index is 13.6. The van der Waals surface area contributed by atoms with E-state index < -0.39 is 0 Å². The molecule has 1 spiro atoms. The van der Waals surface area contributed by atoms with Gasteiger partial charge in [0.1, 0.15) is 6.61 Å². The minimum Gasteiger partial charge on any atom is -0.489 e. The van der Waals surface area contributed by atoms with Crippen LogP contribution >= 0.6 is 0 Å². The van der Waals surface area contributed by atoms with Gasteiger partial charge in [-0.2, -0.15) is 0 Å². The average Bonchev–Trinajstić information content (AvgIpc) is 2.99. The molecule has 1 atom stereocenters. The lowest BCUT2D eigenvalue weighted by Crippen LogP contribution is -2.51. The number of benzene rings is 1. The highest BCUT2D eigenvalue weighted by Gasteiger charge is 2.42. The zero-order valence-electron chi connectivity index (χ0n) is 15.3. The second-order valence-electron chi connectivity index (χ2n) is 6.99. The topological polar surface area (TPSA) is 66.0 Å². The fraction of sp³-hybridized carbons (Fsp3) is 0.579. The Morgan fingerprint density at radius 3 is 3.04 bits per heavy atom. The van der Waals surface area contributed by atoms with E-state index in [0.29, 0.717) is 19.6 Å². The molecule has 0 bridgehead atoms. The second-order valence-corrected chi connectivity index (χ2v) is 6.99. The van der Waals surface area contributed by atoms with Crippen LogP contribution in [0.4, 0.5) is 4.39 Å². The highest BCUT2D eigenvalue weighted by atomic mass is 19.1. The average molecular weight is 362 g/mol. The lowest BCUT2D eigenvalue weighted by Gasteiger charge is -2.40. The van der Waals surface area contributed by atoms with Gasteiger partial charge in [0, 0.05) is 38.0 Å². The number of hydrogen-bond acceptors (Lipinski definition) is 3. The first kappa shape index (κ1) is 18.5. The van der Waals surface area contributed by atoms with Crippen LogP contribution in [0.15, 0.2) is 29.3 Å². The number of nitrogens with zero attached hydrogens (tertiary/aromatic N) is 2. The maximum Gasteiger partial charge on any atom is 0.220 e. The largest absolute Gasteiger partial charge is 0.489 e. The molecule has 2 heterocycles. The van der Waals surface area contributed by atoms with E-state index in [1.54, 1.807) is 18.2 Å². The van der Waals surface area contributed by atoms with Gasteiger partial charge in [-0.15, -0.1) is 0 Å². The summed E-state index contributed by atoms with van der Waals surface area (Å²) in [4.78, 5) is 18.5. The van der Waals surface area contributed by atoms with Crippen molar-refractivity contribution >= 4 is 11.9 Å². The van der Waals surface area contributed by atoms with Gasteiger partial charge in [-0.3, -0.25) is 4.79 Å². The van der Waals surface area contributed by atoms with E-state index in [-0.39, 0.29) is 22.9 Å². The molecule has 0 saturated carbocycles. The van der Waals surface area contributed by atoms with Gasteiger partial charge >= 0.3 is 0 Å². The van der Waals surface area contributed by atoms with Crippen molar-refractivity contribution in [2.75, 3.05) is 39.3 Å². The van der Waals surface area contributed by atoms with Gasteiger partial charge in [-0.1, -0.05) is 12.1 Å². The Morgan fingerprint density at radius 2 is 2.31 bits per heavy atom. The number of guanidine groups is 1. The van der Waals surface area contributed by atoms with Gasteiger partial charge in [0.2, 0.25) is 5.91 Å². The SMILES string of the molecule is CCNC(=NCCOc1ccccc1F)N1CCCC2(CNC(=O)C2)C1. The van der Waals surface area contributed by atoms with Crippen LogP contribution in [0.25, 0.3) is 0 Å². The van der Waals surface area contributed by atoms with Crippen LogP contribution in [-0.2, 0) is 4.79 Å². The number of carbonyl (C=O) groups excluding carboxylic acids is 1. The molecule has 142 valence electrons. The molecule has 1 aromatic carbocycles. The number of halogens is 1. The lowest BCUT2D eigenvalue weighted by molar-refractivity contribution is -0.119. The molecule has 26 heavy (non-hydrogen) atoms. The zero-order valence-corrected chi connectivity index (χ0v) is 15.3. The summed E-state index contributed by atoms with van der Waals surface area (Å²) in [6.07, 6.45) is 2.71. The molecule has 0 aliphatic carbocycles. The van der Waals surface area contributed by atoms with Gasteiger partial charge in [-0.05, 0) is 31.9 Å². The van der Waals surface area contributed by atoms with E-state index in [2.05, 4.69) is 20.5 Å². The first-order valence-electron chi connectivity index (χ1n) is 9.29. The van der Waals surface area contributed by atoms with Crippen molar-refractivity contribution in [3.63, 3.8) is 0 Å². The number of para-hydroxylation sites is 1. The molecule has 2 fully saturated rings. The highest BCUT2D eigenvalue weighted by Crippen LogP contribution is 2.35. The summed E-state index contributed by atoms with van der Waals surface area (Å²) < 4.78 is 19.1. The number of amides is 1. The number of aliphatic imine (C=N–C) groups is 1. The Balaban J connectivity index is 1.58. The molecule has 7 heteroatoms. The van der Waals surface area contributed by atoms with Crippen LogP contribution in [0.2, 0.25) is 0 Å². The summed E-state index contributed by atoms with van der Waals surface area (Å²) in [6, 6.07) is 6.38. The van der Waals surface area contributed by atoms with E-state index in [1.165, 1.54) is 6.07 Å². The zero-order chi connectivity index (χ0) is 18.4. The molecule has 1 amide bonds. The third-order valence-corrected chi connectivity index (χ3v) is 4.94.